The first-order valence-corrected chi connectivity index (χ1v) is 11.2. The van der Waals surface area contributed by atoms with Gasteiger partial charge in [-0.1, -0.05) is 26.8 Å². The zero-order valence-corrected chi connectivity index (χ0v) is 20.0. The molecule has 1 aromatic carbocycles. The van der Waals surface area contributed by atoms with Crippen molar-refractivity contribution in [1.82, 2.24) is 19.9 Å². The van der Waals surface area contributed by atoms with Gasteiger partial charge in [0.1, 0.15) is 0 Å². The molecule has 2 heterocycles. The van der Waals surface area contributed by atoms with Crippen LogP contribution in [0.3, 0.4) is 0 Å². The zero-order valence-electron chi connectivity index (χ0n) is 20.0. The van der Waals surface area contributed by atoms with Gasteiger partial charge in [0.2, 0.25) is 0 Å². The number of rotatable bonds is 10. The third kappa shape index (κ3) is 5.84. The van der Waals surface area contributed by atoms with E-state index in [1.807, 2.05) is 20.8 Å². The number of hydrogen-bond donors (Lipinski definition) is 2. The lowest BCUT2D eigenvalue weighted by Crippen LogP contribution is -2.34. The number of carbonyl (C=O) groups excluding carboxylic acids is 1. The van der Waals surface area contributed by atoms with E-state index in [-0.39, 0.29) is 40.6 Å². The minimum absolute atomic E-state index is 0.0389. The largest absolute Gasteiger partial charge is 0.493 e. The molecule has 1 amide bonds. The third-order valence-corrected chi connectivity index (χ3v) is 5.40. The molecule has 0 aliphatic carbocycles. The number of pyridine rings is 1. The van der Waals surface area contributed by atoms with Crippen molar-refractivity contribution in [3.8, 4) is 11.5 Å². The van der Waals surface area contributed by atoms with E-state index in [0.29, 0.717) is 30.6 Å². The fraction of sp³-hybridized carbons (Fsp3) is 0.417. The Labute approximate surface area is 200 Å². The number of methoxy groups -OCH3 is 1. The molecule has 0 saturated carbocycles. The van der Waals surface area contributed by atoms with Gasteiger partial charge in [0, 0.05) is 18.8 Å². The maximum atomic E-state index is 13.1. The fourth-order valence-electron chi connectivity index (χ4n) is 3.68. The third-order valence-electron chi connectivity index (χ3n) is 5.40. The first-order valence-electron chi connectivity index (χ1n) is 11.2. The number of aromatic amines is 1. The van der Waals surface area contributed by atoms with Crippen LogP contribution in [0.25, 0.3) is 11.0 Å². The summed E-state index contributed by atoms with van der Waals surface area (Å²) >= 11 is 0. The van der Waals surface area contributed by atoms with Gasteiger partial charge in [-0.05, 0) is 42.5 Å². The molecule has 188 valence electrons. The number of amides is 1. The topological polar surface area (TPSA) is 115 Å². The van der Waals surface area contributed by atoms with Crippen LogP contribution in [-0.2, 0) is 13.0 Å². The highest BCUT2D eigenvalue weighted by Gasteiger charge is 2.20. The van der Waals surface area contributed by atoms with Crippen LogP contribution < -0.4 is 26.0 Å². The van der Waals surface area contributed by atoms with Crippen molar-refractivity contribution in [2.45, 2.75) is 52.7 Å². The number of nitrogens with zero attached hydrogens (tertiary/aromatic N) is 2. The quantitative estimate of drug-likeness (QED) is 0.451. The second-order valence-corrected chi connectivity index (χ2v) is 8.23. The van der Waals surface area contributed by atoms with Crippen molar-refractivity contribution in [2.75, 3.05) is 13.7 Å². The first-order chi connectivity index (χ1) is 16.7. The maximum absolute atomic E-state index is 13.1. The molecule has 0 spiro atoms. The summed E-state index contributed by atoms with van der Waals surface area (Å²) in [6, 6.07) is 6.16. The molecule has 3 aromatic rings. The van der Waals surface area contributed by atoms with Crippen molar-refractivity contribution < 1.29 is 23.0 Å². The minimum Gasteiger partial charge on any atom is -0.493 e. The van der Waals surface area contributed by atoms with Crippen molar-refractivity contribution in [1.29, 1.82) is 0 Å². The van der Waals surface area contributed by atoms with Gasteiger partial charge in [-0.15, -0.1) is 0 Å². The number of halogens is 2. The maximum Gasteiger partial charge on any atom is 0.387 e. The molecule has 0 saturated heterocycles. The summed E-state index contributed by atoms with van der Waals surface area (Å²) in [5.41, 5.74) is 0.224. The van der Waals surface area contributed by atoms with E-state index in [1.165, 1.54) is 23.8 Å². The fourth-order valence-corrected chi connectivity index (χ4v) is 3.68. The molecule has 9 nitrogen and oxygen atoms in total. The number of H-pyrrole nitrogens is 1. The Balaban J connectivity index is 1.91. The number of benzene rings is 1. The summed E-state index contributed by atoms with van der Waals surface area (Å²) in [6.07, 6.45) is 0.946. The zero-order chi connectivity index (χ0) is 25.7. The van der Waals surface area contributed by atoms with Gasteiger partial charge in [0.25, 0.3) is 11.5 Å². The Morgan fingerprint density at radius 1 is 1.20 bits per heavy atom. The molecule has 3 rings (SSSR count). The monoisotopic (exact) mass is 490 g/mol. The van der Waals surface area contributed by atoms with Crippen LogP contribution in [0.4, 0.5) is 8.78 Å². The van der Waals surface area contributed by atoms with Crippen molar-refractivity contribution >= 4 is 16.9 Å². The van der Waals surface area contributed by atoms with Gasteiger partial charge in [-0.25, -0.2) is 9.78 Å². The van der Waals surface area contributed by atoms with Gasteiger partial charge in [-0.2, -0.15) is 8.78 Å². The van der Waals surface area contributed by atoms with E-state index in [2.05, 4.69) is 20.0 Å². The predicted octanol–water partition coefficient (Wildman–Crippen LogP) is 3.20. The number of alkyl halides is 2. The SMILES string of the molecule is CCCn1c(=O)[nH]c(=O)c2c(C(=O)NCCc3ccc(OC)c(OC(F)F)c3)cc(C(C)C)nc21. The average molecular weight is 491 g/mol. The van der Waals surface area contributed by atoms with Crippen molar-refractivity contribution in [3.05, 3.63) is 61.9 Å². The first kappa shape index (κ1) is 25.9. The van der Waals surface area contributed by atoms with Gasteiger partial charge < -0.3 is 14.8 Å². The Morgan fingerprint density at radius 2 is 1.94 bits per heavy atom. The summed E-state index contributed by atoms with van der Waals surface area (Å²) in [5.74, 6) is -0.500. The van der Waals surface area contributed by atoms with Crippen LogP contribution in [0.5, 0.6) is 11.5 Å². The summed E-state index contributed by atoms with van der Waals surface area (Å²) in [5, 5.41) is 2.80. The second-order valence-electron chi connectivity index (χ2n) is 8.23. The smallest absolute Gasteiger partial charge is 0.387 e. The molecular formula is C24H28F2N4O5. The van der Waals surface area contributed by atoms with Crippen LogP contribution in [-0.4, -0.2) is 40.7 Å². The molecular weight excluding hydrogens is 462 g/mol. The van der Waals surface area contributed by atoms with Crippen molar-refractivity contribution in [3.63, 3.8) is 0 Å². The summed E-state index contributed by atoms with van der Waals surface area (Å²) < 4.78 is 36.2. The Morgan fingerprint density at radius 3 is 2.57 bits per heavy atom. The molecule has 2 N–H and O–H groups in total. The summed E-state index contributed by atoms with van der Waals surface area (Å²) in [7, 11) is 1.35. The number of aromatic nitrogens is 3. The molecule has 2 aromatic heterocycles. The van der Waals surface area contributed by atoms with E-state index in [9.17, 15) is 23.2 Å². The predicted molar refractivity (Wildman–Crippen MR) is 127 cm³/mol. The highest BCUT2D eigenvalue weighted by atomic mass is 19.3. The van der Waals surface area contributed by atoms with Crippen LogP contribution in [0.15, 0.2) is 33.9 Å². The molecule has 11 heteroatoms. The standard InChI is InChI=1S/C24H28F2N4O5/c1-5-10-30-20-19(22(32)29-24(30)33)15(12-16(28-20)13(2)3)21(31)27-9-8-14-6-7-17(34-4)18(11-14)35-23(25)26/h6-7,11-13,23H,5,8-10H2,1-4H3,(H,27,31)(H,29,32,33). The molecule has 0 bridgehead atoms. The van der Waals surface area contributed by atoms with Crippen molar-refractivity contribution in [2.24, 2.45) is 0 Å². The highest BCUT2D eigenvalue weighted by molar-refractivity contribution is 6.05. The molecule has 0 aliphatic heterocycles. The lowest BCUT2D eigenvalue weighted by atomic mass is 10.0. The lowest BCUT2D eigenvalue weighted by Gasteiger charge is -2.15. The molecule has 0 radical (unpaired) electrons. The minimum atomic E-state index is -3.00. The van der Waals surface area contributed by atoms with E-state index in [1.54, 1.807) is 12.1 Å². The number of nitrogens with one attached hydrogen (secondary N) is 2. The van der Waals surface area contributed by atoms with Gasteiger partial charge >= 0.3 is 12.3 Å². The number of carbonyl (C=O) groups is 1. The van der Waals surface area contributed by atoms with Crippen LogP contribution in [0.1, 0.15) is 54.7 Å². The Bertz CT molecular complexity index is 1330. The van der Waals surface area contributed by atoms with Crippen LogP contribution in [0.2, 0.25) is 0 Å². The van der Waals surface area contributed by atoms with Gasteiger partial charge in [0.15, 0.2) is 17.1 Å². The number of fused-ring (bicyclic) bond motifs is 1. The molecule has 0 unspecified atom stereocenters. The molecule has 35 heavy (non-hydrogen) atoms. The number of aryl methyl sites for hydroxylation is 1. The van der Waals surface area contributed by atoms with E-state index in [0.717, 1.165) is 0 Å². The van der Waals surface area contributed by atoms with E-state index < -0.39 is 23.8 Å². The molecule has 0 atom stereocenters. The molecule has 0 fully saturated rings. The van der Waals surface area contributed by atoms with E-state index >= 15 is 0 Å². The number of hydrogen-bond acceptors (Lipinski definition) is 6. The average Bonchev–Trinajstić information content (AvgIpc) is 2.80. The van der Waals surface area contributed by atoms with Gasteiger partial charge in [0.05, 0.1) is 18.1 Å². The second kappa shape index (κ2) is 11.1. The van der Waals surface area contributed by atoms with Crippen LogP contribution >= 0.6 is 0 Å². The normalized spacial score (nSPS) is 11.3. The van der Waals surface area contributed by atoms with Crippen LogP contribution in [0, 0.1) is 0 Å². The Kier molecular flexibility index (Phi) is 8.21. The number of ether oxygens (including phenoxy) is 2. The van der Waals surface area contributed by atoms with E-state index in [4.69, 9.17) is 4.74 Å². The summed E-state index contributed by atoms with van der Waals surface area (Å²) in [6.45, 7) is 3.18. The lowest BCUT2D eigenvalue weighted by molar-refractivity contribution is -0.0512. The van der Waals surface area contributed by atoms with Gasteiger partial charge in [-0.3, -0.25) is 19.1 Å². The molecule has 0 aliphatic rings. The Hall–Kier alpha value is -3.76. The summed E-state index contributed by atoms with van der Waals surface area (Å²) in [4.78, 5) is 44.9. The highest BCUT2D eigenvalue weighted by Crippen LogP contribution is 2.29.